The lowest BCUT2D eigenvalue weighted by Crippen LogP contribution is -2.45. The molecule has 0 saturated carbocycles. The van der Waals surface area contributed by atoms with Gasteiger partial charge in [0.25, 0.3) is 0 Å². The Morgan fingerprint density at radius 1 is 1.41 bits per heavy atom. The fraction of sp³-hybridized carbons (Fsp3) is 0.688. The van der Waals surface area contributed by atoms with Gasteiger partial charge >= 0.3 is 0 Å². The zero-order valence-electron chi connectivity index (χ0n) is 13.6. The number of carbonyl (C=O) groups excluding carboxylic acids is 2. The quantitative estimate of drug-likeness (QED) is 0.904. The molecule has 0 bridgehead atoms. The standard InChI is InChI=1S/C16H25N3O2S/c1-4-13-14(22-11(3)18-13)9-17-16(21)12-7-6-8-19(10-12)15(20)5-2/h12H,4-10H2,1-3H3,(H,17,21)/t12-/m0/s1. The summed E-state index contributed by atoms with van der Waals surface area (Å²) in [6.07, 6.45) is 3.16. The van der Waals surface area contributed by atoms with Crippen LogP contribution in [0.2, 0.25) is 0 Å². The topological polar surface area (TPSA) is 62.3 Å². The van der Waals surface area contributed by atoms with Crippen molar-refractivity contribution in [1.82, 2.24) is 15.2 Å². The molecule has 1 aromatic rings. The van der Waals surface area contributed by atoms with Crippen LogP contribution in [0, 0.1) is 12.8 Å². The summed E-state index contributed by atoms with van der Waals surface area (Å²) in [5.41, 5.74) is 1.08. The predicted molar refractivity (Wildman–Crippen MR) is 87.7 cm³/mol. The molecule has 5 nitrogen and oxygen atoms in total. The van der Waals surface area contributed by atoms with Gasteiger partial charge in [-0.15, -0.1) is 11.3 Å². The third kappa shape index (κ3) is 4.06. The SMILES string of the molecule is CCC(=O)N1CCC[C@H](C(=O)NCc2sc(C)nc2CC)C1. The molecule has 2 rings (SSSR count). The minimum atomic E-state index is -0.0802. The van der Waals surface area contributed by atoms with E-state index in [9.17, 15) is 9.59 Å². The average molecular weight is 323 g/mol. The average Bonchev–Trinajstić information content (AvgIpc) is 2.91. The van der Waals surface area contributed by atoms with Gasteiger partial charge in [0.1, 0.15) is 0 Å². The van der Waals surface area contributed by atoms with E-state index in [0.29, 0.717) is 19.5 Å². The second kappa shape index (κ2) is 7.72. The molecule has 1 aromatic heterocycles. The minimum absolute atomic E-state index is 0.0571. The van der Waals surface area contributed by atoms with Crippen LogP contribution in [0.5, 0.6) is 0 Å². The van der Waals surface area contributed by atoms with Crippen molar-refractivity contribution in [3.8, 4) is 0 Å². The lowest BCUT2D eigenvalue weighted by Gasteiger charge is -2.31. The molecule has 2 amide bonds. The summed E-state index contributed by atoms with van der Waals surface area (Å²) in [6, 6.07) is 0. The number of aryl methyl sites for hydroxylation is 2. The highest BCUT2D eigenvalue weighted by Crippen LogP contribution is 2.20. The molecule has 1 fully saturated rings. The van der Waals surface area contributed by atoms with Crippen LogP contribution in [0.4, 0.5) is 0 Å². The molecule has 6 heteroatoms. The van der Waals surface area contributed by atoms with Crippen molar-refractivity contribution in [2.45, 2.75) is 53.0 Å². The predicted octanol–water partition coefficient (Wildman–Crippen LogP) is 2.28. The summed E-state index contributed by atoms with van der Waals surface area (Å²) in [5.74, 6) is 0.119. The van der Waals surface area contributed by atoms with Gasteiger partial charge in [0.05, 0.1) is 23.2 Å². The third-order valence-corrected chi connectivity index (χ3v) is 5.10. The van der Waals surface area contributed by atoms with Crippen LogP contribution in [0.1, 0.15) is 48.7 Å². The molecule has 0 aliphatic carbocycles. The molecule has 0 aromatic carbocycles. The lowest BCUT2D eigenvalue weighted by atomic mass is 9.97. The zero-order chi connectivity index (χ0) is 16.1. The van der Waals surface area contributed by atoms with E-state index in [1.807, 2.05) is 18.7 Å². The van der Waals surface area contributed by atoms with Gasteiger partial charge in [0.15, 0.2) is 0 Å². The minimum Gasteiger partial charge on any atom is -0.351 e. The molecule has 1 aliphatic rings. The van der Waals surface area contributed by atoms with E-state index in [0.717, 1.165) is 41.4 Å². The van der Waals surface area contributed by atoms with Crippen molar-refractivity contribution < 1.29 is 9.59 Å². The van der Waals surface area contributed by atoms with Crippen molar-refractivity contribution in [3.63, 3.8) is 0 Å². The van der Waals surface area contributed by atoms with Gasteiger partial charge in [0, 0.05) is 24.4 Å². The highest BCUT2D eigenvalue weighted by atomic mass is 32.1. The molecule has 1 saturated heterocycles. The van der Waals surface area contributed by atoms with Crippen LogP contribution >= 0.6 is 11.3 Å². The fourth-order valence-electron chi connectivity index (χ4n) is 2.88. The molecule has 22 heavy (non-hydrogen) atoms. The Morgan fingerprint density at radius 2 is 2.18 bits per heavy atom. The van der Waals surface area contributed by atoms with E-state index in [2.05, 4.69) is 17.2 Å². The van der Waals surface area contributed by atoms with E-state index in [1.54, 1.807) is 11.3 Å². The van der Waals surface area contributed by atoms with Crippen LogP contribution in [0.15, 0.2) is 0 Å². The first kappa shape index (κ1) is 16.9. The van der Waals surface area contributed by atoms with Gasteiger partial charge in [0.2, 0.25) is 11.8 Å². The first-order chi connectivity index (χ1) is 10.5. The number of piperidine rings is 1. The number of carbonyl (C=O) groups is 2. The molecule has 1 atom stereocenters. The maximum absolute atomic E-state index is 12.4. The molecule has 2 heterocycles. The monoisotopic (exact) mass is 323 g/mol. The number of amides is 2. The van der Waals surface area contributed by atoms with Gasteiger partial charge in [-0.3, -0.25) is 9.59 Å². The Balaban J connectivity index is 1.90. The molecular formula is C16H25N3O2S. The van der Waals surface area contributed by atoms with E-state index in [1.165, 1.54) is 0 Å². The number of hydrogen-bond donors (Lipinski definition) is 1. The molecule has 0 spiro atoms. The van der Waals surface area contributed by atoms with E-state index >= 15 is 0 Å². The fourth-order valence-corrected chi connectivity index (χ4v) is 3.84. The lowest BCUT2D eigenvalue weighted by molar-refractivity contribution is -0.135. The van der Waals surface area contributed by atoms with Crippen molar-refractivity contribution in [2.75, 3.05) is 13.1 Å². The summed E-state index contributed by atoms with van der Waals surface area (Å²) in [4.78, 5) is 31.6. The summed E-state index contributed by atoms with van der Waals surface area (Å²) < 4.78 is 0. The number of nitrogens with zero attached hydrogens (tertiary/aromatic N) is 2. The van der Waals surface area contributed by atoms with E-state index in [-0.39, 0.29) is 17.7 Å². The smallest absolute Gasteiger partial charge is 0.225 e. The van der Waals surface area contributed by atoms with Gasteiger partial charge in [-0.1, -0.05) is 13.8 Å². The van der Waals surface area contributed by atoms with Crippen LogP contribution in [-0.2, 0) is 22.6 Å². The summed E-state index contributed by atoms with van der Waals surface area (Å²) in [7, 11) is 0. The highest BCUT2D eigenvalue weighted by Gasteiger charge is 2.27. The third-order valence-electron chi connectivity index (χ3n) is 4.09. The molecule has 1 aliphatic heterocycles. The Bertz CT molecular complexity index is 541. The number of thiazole rings is 1. The number of nitrogens with one attached hydrogen (secondary N) is 1. The normalized spacial score (nSPS) is 18.3. The Morgan fingerprint density at radius 3 is 2.86 bits per heavy atom. The van der Waals surface area contributed by atoms with E-state index < -0.39 is 0 Å². The summed E-state index contributed by atoms with van der Waals surface area (Å²) in [6.45, 7) is 7.82. The maximum atomic E-state index is 12.4. The van der Waals surface area contributed by atoms with Crippen molar-refractivity contribution >= 4 is 23.2 Å². The molecule has 0 unspecified atom stereocenters. The second-order valence-corrected chi connectivity index (χ2v) is 6.99. The second-order valence-electron chi connectivity index (χ2n) is 5.71. The Hall–Kier alpha value is -1.43. The summed E-state index contributed by atoms with van der Waals surface area (Å²) >= 11 is 1.65. The van der Waals surface area contributed by atoms with Gasteiger partial charge in [-0.2, -0.15) is 0 Å². The van der Waals surface area contributed by atoms with Crippen molar-refractivity contribution in [1.29, 1.82) is 0 Å². The number of aromatic nitrogens is 1. The molecule has 1 N–H and O–H groups in total. The van der Waals surface area contributed by atoms with Crippen LogP contribution < -0.4 is 5.32 Å². The van der Waals surface area contributed by atoms with Crippen LogP contribution in [0.3, 0.4) is 0 Å². The van der Waals surface area contributed by atoms with Gasteiger partial charge < -0.3 is 10.2 Å². The Kier molecular flexibility index (Phi) is 5.94. The van der Waals surface area contributed by atoms with E-state index in [4.69, 9.17) is 0 Å². The van der Waals surface area contributed by atoms with Crippen molar-refractivity contribution in [3.05, 3.63) is 15.6 Å². The van der Waals surface area contributed by atoms with Gasteiger partial charge in [-0.25, -0.2) is 4.98 Å². The molecule has 0 radical (unpaired) electrons. The zero-order valence-corrected chi connectivity index (χ0v) is 14.5. The van der Waals surface area contributed by atoms with Crippen LogP contribution in [0.25, 0.3) is 0 Å². The molecular weight excluding hydrogens is 298 g/mol. The largest absolute Gasteiger partial charge is 0.351 e. The summed E-state index contributed by atoms with van der Waals surface area (Å²) in [5, 5.41) is 4.07. The van der Waals surface area contributed by atoms with Crippen LogP contribution in [-0.4, -0.2) is 34.8 Å². The Labute approximate surface area is 136 Å². The van der Waals surface area contributed by atoms with Gasteiger partial charge in [-0.05, 0) is 26.2 Å². The number of hydrogen-bond acceptors (Lipinski definition) is 4. The van der Waals surface area contributed by atoms with Crippen molar-refractivity contribution in [2.24, 2.45) is 5.92 Å². The highest BCUT2D eigenvalue weighted by molar-refractivity contribution is 7.11. The number of likely N-dealkylation sites (tertiary alicyclic amines) is 1. The maximum Gasteiger partial charge on any atom is 0.225 e. The first-order valence-corrected chi connectivity index (χ1v) is 8.87. The first-order valence-electron chi connectivity index (χ1n) is 8.05. The number of rotatable bonds is 5. The molecule has 122 valence electrons.